The van der Waals surface area contributed by atoms with Crippen molar-refractivity contribution in [1.82, 2.24) is 0 Å². The SMILES string of the molecule is CC1CCCC(C)N1c1ccc(C(=O)O)o1. The topological polar surface area (TPSA) is 53.7 Å². The summed E-state index contributed by atoms with van der Waals surface area (Å²) < 4.78 is 5.35. The highest BCUT2D eigenvalue weighted by Crippen LogP contribution is 2.30. The van der Waals surface area contributed by atoms with Gasteiger partial charge in [-0.3, -0.25) is 0 Å². The van der Waals surface area contributed by atoms with Crippen LogP contribution in [-0.2, 0) is 0 Å². The molecule has 1 saturated heterocycles. The number of hydrogen-bond acceptors (Lipinski definition) is 3. The van der Waals surface area contributed by atoms with Crippen LogP contribution < -0.4 is 4.90 Å². The van der Waals surface area contributed by atoms with Gasteiger partial charge in [-0.2, -0.15) is 0 Å². The Balaban J connectivity index is 2.23. The third kappa shape index (κ3) is 1.92. The molecule has 1 fully saturated rings. The van der Waals surface area contributed by atoms with Crippen LogP contribution in [0.3, 0.4) is 0 Å². The summed E-state index contributed by atoms with van der Waals surface area (Å²) in [7, 11) is 0. The van der Waals surface area contributed by atoms with Crippen molar-refractivity contribution in [2.24, 2.45) is 0 Å². The number of hydrogen-bond donors (Lipinski definition) is 1. The Kier molecular flexibility index (Phi) is 2.90. The molecule has 0 spiro atoms. The van der Waals surface area contributed by atoms with Crippen molar-refractivity contribution >= 4 is 11.9 Å². The Hall–Kier alpha value is -1.45. The van der Waals surface area contributed by atoms with Gasteiger partial charge in [-0.05, 0) is 39.2 Å². The Morgan fingerprint density at radius 3 is 2.50 bits per heavy atom. The van der Waals surface area contributed by atoms with Crippen molar-refractivity contribution < 1.29 is 14.3 Å². The predicted molar refractivity (Wildman–Crippen MR) is 60.9 cm³/mol. The van der Waals surface area contributed by atoms with Crippen LogP contribution in [0.4, 0.5) is 5.88 Å². The molecule has 0 aromatic carbocycles. The highest BCUT2D eigenvalue weighted by atomic mass is 16.4. The first-order chi connectivity index (χ1) is 7.59. The minimum atomic E-state index is -1.01. The van der Waals surface area contributed by atoms with E-state index in [4.69, 9.17) is 9.52 Å². The maximum absolute atomic E-state index is 10.7. The van der Waals surface area contributed by atoms with E-state index >= 15 is 0 Å². The van der Waals surface area contributed by atoms with Gasteiger partial charge in [-0.1, -0.05) is 0 Å². The van der Waals surface area contributed by atoms with Gasteiger partial charge in [0.05, 0.1) is 0 Å². The van der Waals surface area contributed by atoms with Crippen molar-refractivity contribution in [3.8, 4) is 0 Å². The van der Waals surface area contributed by atoms with Gasteiger partial charge in [-0.15, -0.1) is 0 Å². The second-order valence-corrected chi connectivity index (χ2v) is 4.48. The number of furan rings is 1. The highest BCUT2D eigenvalue weighted by Gasteiger charge is 2.27. The van der Waals surface area contributed by atoms with Gasteiger partial charge in [0.1, 0.15) is 0 Å². The molecule has 0 bridgehead atoms. The molecule has 0 aliphatic carbocycles. The van der Waals surface area contributed by atoms with E-state index in [1.54, 1.807) is 6.07 Å². The second kappa shape index (κ2) is 4.20. The number of rotatable bonds is 2. The molecule has 88 valence electrons. The molecule has 16 heavy (non-hydrogen) atoms. The molecule has 2 heterocycles. The van der Waals surface area contributed by atoms with E-state index in [1.807, 2.05) is 0 Å². The molecule has 1 aliphatic rings. The van der Waals surface area contributed by atoms with E-state index in [0.29, 0.717) is 18.0 Å². The standard InChI is InChI=1S/C12H17NO3/c1-8-4-3-5-9(2)13(8)11-7-6-10(16-11)12(14)15/h6-9H,3-5H2,1-2H3,(H,14,15). The molecule has 1 aliphatic heterocycles. The Labute approximate surface area is 94.9 Å². The number of aromatic carboxylic acids is 1. The summed E-state index contributed by atoms with van der Waals surface area (Å²) in [4.78, 5) is 12.9. The maximum atomic E-state index is 10.7. The minimum Gasteiger partial charge on any atom is -0.475 e. The summed E-state index contributed by atoms with van der Waals surface area (Å²) in [6.07, 6.45) is 3.49. The molecule has 2 unspecified atom stereocenters. The van der Waals surface area contributed by atoms with Crippen LogP contribution in [0.25, 0.3) is 0 Å². The van der Waals surface area contributed by atoms with E-state index in [-0.39, 0.29) is 5.76 Å². The second-order valence-electron chi connectivity index (χ2n) is 4.48. The minimum absolute atomic E-state index is 0.0139. The fourth-order valence-electron chi connectivity index (χ4n) is 2.44. The molecular formula is C12H17NO3. The van der Waals surface area contributed by atoms with E-state index < -0.39 is 5.97 Å². The number of carboxylic acids is 1. The average Bonchev–Trinajstić information content (AvgIpc) is 2.66. The van der Waals surface area contributed by atoms with Crippen LogP contribution >= 0.6 is 0 Å². The van der Waals surface area contributed by atoms with E-state index in [1.165, 1.54) is 12.5 Å². The monoisotopic (exact) mass is 223 g/mol. The summed E-state index contributed by atoms with van der Waals surface area (Å²) in [6, 6.07) is 4.10. The van der Waals surface area contributed by atoms with Crippen LogP contribution in [0, 0.1) is 0 Å². The summed E-state index contributed by atoms with van der Waals surface area (Å²) in [5, 5.41) is 8.82. The van der Waals surface area contributed by atoms with Gasteiger partial charge in [0.2, 0.25) is 5.76 Å². The van der Waals surface area contributed by atoms with Gasteiger partial charge in [0.25, 0.3) is 0 Å². The zero-order valence-corrected chi connectivity index (χ0v) is 9.64. The van der Waals surface area contributed by atoms with E-state index in [2.05, 4.69) is 18.7 Å². The van der Waals surface area contributed by atoms with Gasteiger partial charge in [-0.25, -0.2) is 4.79 Å². The van der Waals surface area contributed by atoms with Crippen LogP contribution in [0.2, 0.25) is 0 Å². The number of carbonyl (C=O) groups is 1. The lowest BCUT2D eigenvalue weighted by atomic mass is 9.98. The lowest BCUT2D eigenvalue weighted by Gasteiger charge is -2.38. The molecule has 4 nitrogen and oxygen atoms in total. The van der Waals surface area contributed by atoms with Crippen molar-refractivity contribution in [3.63, 3.8) is 0 Å². The van der Waals surface area contributed by atoms with Crippen LogP contribution in [0.1, 0.15) is 43.7 Å². The molecule has 0 radical (unpaired) electrons. The molecule has 2 atom stereocenters. The molecule has 0 saturated carbocycles. The Bertz CT molecular complexity index is 375. The van der Waals surface area contributed by atoms with E-state index in [9.17, 15) is 4.79 Å². The molecular weight excluding hydrogens is 206 g/mol. The third-order valence-corrected chi connectivity index (χ3v) is 3.25. The van der Waals surface area contributed by atoms with Crippen molar-refractivity contribution in [1.29, 1.82) is 0 Å². The largest absolute Gasteiger partial charge is 0.475 e. The fourth-order valence-corrected chi connectivity index (χ4v) is 2.44. The first kappa shape index (κ1) is 11.0. The Morgan fingerprint density at radius 1 is 1.38 bits per heavy atom. The van der Waals surface area contributed by atoms with Gasteiger partial charge in [0, 0.05) is 18.2 Å². The predicted octanol–water partition coefficient (Wildman–Crippen LogP) is 2.75. The first-order valence-corrected chi connectivity index (χ1v) is 5.71. The summed E-state index contributed by atoms with van der Waals surface area (Å²) in [6.45, 7) is 4.30. The summed E-state index contributed by atoms with van der Waals surface area (Å²) in [5.41, 5.74) is 0. The van der Waals surface area contributed by atoms with Gasteiger partial charge in [0.15, 0.2) is 5.88 Å². The lowest BCUT2D eigenvalue weighted by molar-refractivity contribution is 0.0662. The van der Waals surface area contributed by atoms with Gasteiger partial charge < -0.3 is 14.4 Å². The van der Waals surface area contributed by atoms with Crippen LogP contribution in [-0.4, -0.2) is 23.2 Å². The molecule has 0 amide bonds. The first-order valence-electron chi connectivity index (χ1n) is 5.71. The van der Waals surface area contributed by atoms with Gasteiger partial charge >= 0.3 is 5.97 Å². The number of piperidine rings is 1. The maximum Gasteiger partial charge on any atom is 0.371 e. The van der Waals surface area contributed by atoms with Crippen LogP contribution in [0.5, 0.6) is 0 Å². The number of nitrogens with zero attached hydrogens (tertiary/aromatic N) is 1. The zero-order valence-electron chi connectivity index (χ0n) is 9.64. The molecule has 2 rings (SSSR count). The normalized spacial score (nSPS) is 25.8. The molecule has 4 heteroatoms. The highest BCUT2D eigenvalue weighted by molar-refractivity contribution is 5.84. The fraction of sp³-hybridized carbons (Fsp3) is 0.583. The quantitative estimate of drug-likeness (QED) is 0.837. The third-order valence-electron chi connectivity index (χ3n) is 3.25. The Morgan fingerprint density at radius 2 is 2.00 bits per heavy atom. The molecule has 1 aromatic rings. The van der Waals surface area contributed by atoms with E-state index in [0.717, 1.165) is 12.8 Å². The zero-order chi connectivity index (χ0) is 11.7. The summed E-state index contributed by atoms with van der Waals surface area (Å²) >= 11 is 0. The average molecular weight is 223 g/mol. The smallest absolute Gasteiger partial charge is 0.371 e. The number of carboxylic acid groups (broad SMARTS) is 1. The number of anilines is 1. The van der Waals surface area contributed by atoms with Crippen molar-refractivity contribution in [2.75, 3.05) is 4.90 Å². The summed E-state index contributed by atoms with van der Waals surface area (Å²) in [5.74, 6) is -0.319. The molecule has 1 N–H and O–H groups in total. The van der Waals surface area contributed by atoms with Crippen molar-refractivity contribution in [3.05, 3.63) is 17.9 Å². The molecule has 1 aromatic heterocycles. The van der Waals surface area contributed by atoms with Crippen LogP contribution in [0.15, 0.2) is 16.5 Å². The lowest BCUT2D eigenvalue weighted by Crippen LogP contribution is -2.43. The van der Waals surface area contributed by atoms with Crippen molar-refractivity contribution in [2.45, 2.75) is 45.2 Å².